The Morgan fingerprint density at radius 2 is 2.10 bits per heavy atom. The number of hydrogen-bond donors (Lipinski definition) is 2. The lowest BCUT2D eigenvalue weighted by Gasteiger charge is -2.25. The third-order valence-corrected chi connectivity index (χ3v) is 4.15. The van der Waals surface area contributed by atoms with Crippen LogP contribution in [0.3, 0.4) is 0 Å². The van der Waals surface area contributed by atoms with Gasteiger partial charge in [-0.2, -0.15) is 0 Å². The lowest BCUT2D eigenvalue weighted by Crippen LogP contribution is -2.32. The van der Waals surface area contributed by atoms with E-state index in [0.29, 0.717) is 11.5 Å². The topological polar surface area (TPSA) is 52.6 Å². The van der Waals surface area contributed by atoms with Crippen molar-refractivity contribution >= 4 is 5.91 Å². The second kappa shape index (κ2) is 6.75. The second-order valence-electron chi connectivity index (χ2n) is 5.68. The van der Waals surface area contributed by atoms with Gasteiger partial charge in [-0.3, -0.25) is 4.79 Å². The first-order valence-electron chi connectivity index (χ1n) is 7.34. The first-order chi connectivity index (χ1) is 9.59. The number of phenols is 1. The Balaban J connectivity index is 1.92. The van der Waals surface area contributed by atoms with E-state index >= 15 is 0 Å². The summed E-state index contributed by atoms with van der Waals surface area (Å²) < 4.78 is 0. The first-order valence-corrected chi connectivity index (χ1v) is 7.34. The largest absolute Gasteiger partial charge is 0.507 e. The minimum absolute atomic E-state index is 0.0971. The van der Waals surface area contributed by atoms with Crippen LogP contribution >= 0.6 is 0 Å². The maximum absolute atomic E-state index is 12.3. The number of phenolic OH excluding ortho intramolecular Hbond substituents is 1. The maximum Gasteiger partial charge on any atom is 0.257 e. The molecular weight excluding hydrogens is 252 g/mol. The fraction of sp³-hybridized carbons (Fsp3) is 0.562. The molecule has 0 saturated carbocycles. The number of nitrogens with zero attached hydrogens (tertiary/aromatic N) is 1. The summed E-state index contributed by atoms with van der Waals surface area (Å²) in [6.45, 7) is 4.72. The number of para-hydroxylation sites is 1. The Labute approximate surface area is 120 Å². The number of benzene rings is 1. The Morgan fingerprint density at radius 3 is 2.80 bits per heavy atom. The summed E-state index contributed by atoms with van der Waals surface area (Å²) in [6.07, 6.45) is 3.42. The Hall–Kier alpha value is -1.55. The van der Waals surface area contributed by atoms with Gasteiger partial charge in [0, 0.05) is 13.6 Å². The van der Waals surface area contributed by atoms with E-state index in [1.165, 1.54) is 12.8 Å². The van der Waals surface area contributed by atoms with Crippen molar-refractivity contribution in [1.82, 2.24) is 10.2 Å². The molecule has 1 heterocycles. The molecule has 1 amide bonds. The van der Waals surface area contributed by atoms with E-state index in [-0.39, 0.29) is 11.7 Å². The lowest BCUT2D eigenvalue weighted by atomic mass is 9.94. The summed E-state index contributed by atoms with van der Waals surface area (Å²) >= 11 is 0. The van der Waals surface area contributed by atoms with Crippen LogP contribution in [-0.2, 0) is 0 Å². The predicted molar refractivity (Wildman–Crippen MR) is 80.0 cm³/mol. The predicted octanol–water partition coefficient (Wildman–Crippen LogP) is 2.16. The van der Waals surface area contributed by atoms with Crippen molar-refractivity contribution in [3.05, 3.63) is 29.3 Å². The van der Waals surface area contributed by atoms with Gasteiger partial charge in [-0.1, -0.05) is 12.1 Å². The van der Waals surface area contributed by atoms with Crippen LogP contribution in [0.15, 0.2) is 18.2 Å². The van der Waals surface area contributed by atoms with Gasteiger partial charge >= 0.3 is 0 Å². The Bertz CT molecular complexity index is 468. The molecule has 1 fully saturated rings. The lowest BCUT2D eigenvalue weighted by molar-refractivity contribution is 0.0781. The number of hydrogen-bond acceptors (Lipinski definition) is 3. The molecule has 20 heavy (non-hydrogen) atoms. The van der Waals surface area contributed by atoms with Crippen molar-refractivity contribution in [2.45, 2.75) is 26.2 Å². The summed E-state index contributed by atoms with van der Waals surface area (Å²) in [5.41, 5.74) is 1.14. The SMILES string of the molecule is Cc1cccc(C(=O)N(C)CCC2CCNCC2)c1O. The average Bonchev–Trinajstić information content (AvgIpc) is 2.48. The van der Waals surface area contributed by atoms with Crippen LogP contribution in [-0.4, -0.2) is 42.6 Å². The van der Waals surface area contributed by atoms with Crippen LogP contribution in [0.5, 0.6) is 5.75 Å². The summed E-state index contributed by atoms with van der Waals surface area (Å²) in [7, 11) is 1.81. The van der Waals surface area contributed by atoms with Crippen LogP contribution in [0.4, 0.5) is 0 Å². The van der Waals surface area contributed by atoms with Crippen LogP contribution in [0.25, 0.3) is 0 Å². The quantitative estimate of drug-likeness (QED) is 0.886. The third kappa shape index (κ3) is 3.51. The zero-order chi connectivity index (χ0) is 14.5. The molecule has 1 aliphatic rings. The van der Waals surface area contributed by atoms with Gasteiger partial charge in [0.15, 0.2) is 0 Å². The maximum atomic E-state index is 12.3. The summed E-state index contributed by atoms with van der Waals surface area (Å²) in [5.74, 6) is 0.712. The van der Waals surface area contributed by atoms with E-state index in [0.717, 1.165) is 31.6 Å². The van der Waals surface area contributed by atoms with Gasteiger partial charge in [0.05, 0.1) is 5.56 Å². The van der Waals surface area contributed by atoms with Gasteiger partial charge in [-0.25, -0.2) is 0 Å². The molecule has 2 rings (SSSR count). The molecule has 0 atom stereocenters. The number of rotatable bonds is 4. The molecule has 1 aromatic rings. The first kappa shape index (κ1) is 14.9. The molecule has 0 bridgehead atoms. The summed E-state index contributed by atoms with van der Waals surface area (Å²) in [4.78, 5) is 14.1. The van der Waals surface area contributed by atoms with Gasteiger partial charge in [0.2, 0.25) is 0 Å². The van der Waals surface area contributed by atoms with E-state index in [9.17, 15) is 9.90 Å². The van der Waals surface area contributed by atoms with Gasteiger partial charge < -0.3 is 15.3 Å². The Morgan fingerprint density at radius 1 is 1.40 bits per heavy atom. The van der Waals surface area contributed by atoms with Crippen LogP contribution < -0.4 is 5.32 Å². The van der Waals surface area contributed by atoms with Gasteiger partial charge in [-0.05, 0) is 56.8 Å². The molecule has 0 radical (unpaired) electrons. The molecule has 2 N–H and O–H groups in total. The van der Waals surface area contributed by atoms with Crippen LogP contribution in [0, 0.1) is 12.8 Å². The smallest absolute Gasteiger partial charge is 0.257 e. The van der Waals surface area contributed by atoms with Crippen molar-refractivity contribution in [1.29, 1.82) is 0 Å². The zero-order valence-corrected chi connectivity index (χ0v) is 12.4. The number of aromatic hydroxyl groups is 1. The molecular formula is C16H24N2O2. The average molecular weight is 276 g/mol. The van der Waals surface area contributed by atoms with Crippen molar-refractivity contribution in [2.75, 3.05) is 26.7 Å². The van der Waals surface area contributed by atoms with Gasteiger partial charge in [-0.15, -0.1) is 0 Å². The molecule has 0 spiro atoms. The fourth-order valence-electron chi connectivity index (χ4n) is 2.69. The van der Waals surface area contributed by atoms with Gasteiger partial charge in [0.25, 0.3) is 5.91 Å². The van der Waals surface area contributed by atoms with Crippen molar-refractivity contribution < 1.29 is 9.90 Å². The van der Waals surface area contributed by atoms with Crippen LogP contribution in [0.1, 0.15) is 35.2 Å². The number of amides is 1. The molecule has 1 saturated heterocycles. The van der Waals surface area contributed by atoms with E-state index in [4.69, 9.17) is 0 Å². The molecule has 0 unspecified atom stereocenters. The molecule has 110 valence electrons. The monoisotopic (exact) mass is 276 g/mol. The van der Waals surface area contributed by atoms with Crippen molar-refractivity contribution in [3.8, 4) is 5.75 Å². The molecule has 4 heteroatoms. The fourth-order valence-corrected chi connectivity index (χ4v) is 2.69. The van der Waals surface area contributed by atoms with E-state index in [2.05, 4.69) is 5.32 Å². The minimum Gasteiger partial charge on any atom is -0.507 e. The molecule has 0 aromatic heterocycles. The highest BCUT2D eigenvalue weighted by Crippen LogP contribution is 2.23. The number of carbonyl (C=O) groups is 1. The van der Waals surface area contributed by atoms with Crippen molar-refractivity contribution in [3.63, 3.8) is 0 Å². The second-order valence-corrected chi connectivity index (χ2v) is 5.68. The number of carbonyl (C=O) groups excluding carboxylic acids is 1. The number of nitrogens with one attached hydrogen (secondary N) is 1. The summed E-state index contributed by atoms with van der Waals surface area (Å²) in [6, 6.07) is 5.30. The van der Waals surface area contributed by atoms with E-state index in [1.54, 1.807) is 24.0 Å². The molecule has 1 aromatic carbocycles. The normalized spacial score (nSPS) is 16.1. The highest BCUT2D eigenvalue weighted by molar-refractivity contribution is 5.97. The number of piperidine rings is 1. The van der Waals surface area contributed by atoms with Gasteiger partial charge in [0.1, 0.15) is 5.75 Å². The highest BCUT2D eigenvalue weighted by atomic mass is 16.3. The van der Waals surface area contributed by atoms with E-state index < -0.39 is 0 Å². The molecule has 1 aliphatic heterocycles. The molecule has 0 aliphatic carbocycles. The minimum atomic E-state index is -0.0971. The van der Waals surface area contributed by atoms with E-state index in [1.807, 2.05) is 13.1 Å². The van der Waals surface area contributed by atoms with Crippen molar-refractivity contribution in [2.24, 2.45) is 5.92 Å². The number of aryl methyl sites for hydroxylation is 1. The molecule has 4 nitrogen and oxygen atoms in total. The highest BCUT2D eigenvalue weighted by Gasteiger charge is 2.19. The summed E-state index contributed by atoms with van der Waals surface area (Å²) in [5, 5.41) is 13.3. The third-order valence-electron chi connectivity index (χ3n) is 4.15. The Kier molecular flexibility index (Phi) is 5.01. The standard InChI is InChI=1S/C16H24N2O2/c1-12-4-3-5-14(15(12)19)16(20)18(2)11-8-13-6-9-17-10-7-13/h3-5,13,17,19H,6-11H2,1-2H3. The van der Waals surface area contributed by atoms with Crippen LogP contribution in [0.2, 0.25) is 0 Å². The zero-order valence-electron chi connectivity index (χ0n) is 12.4.